The summed E-state index contributed by atoms with van der Waals surface area (Å²) in [4.78, 5) is 34.0. The van der Waals surface area contributed by atoms with Gasteiger partial charge in [0.25, 0.3) is 0 Å². The number of ether oxygens (including phenoxy) is 2. The number of esters is 1. The van der Waals surface area contributed by atoms with Crippen LogP contribution >= 0.6 is 11.3 Å². The molecule has 0 spiro atoms. The second-order valence-corrected chi connectivity index (χ2v) is 9.86. The van der Waals surface area contributed by atoms with Crippen molar-refractivity contribution in [2.45, 2.75) is 52.1 Å². The number of benzene rings is 1. The van der Waals surface area contributed by atoms with Crippen LogP contribution in [0.5, 0.6) is 5.75 Å². The van der Waals surface area contributed by atoms with Gasteiger partial charge in [-0.2, -0.15) is 0 Å². The monoisotopic (exact) mass is 486 g/mol. The highest BCUT2D eigenvalue weighted by Crippen LogP contribution is 2.32. The van der Waals surface area contributed by atoms with E-state index in [1.807, 2.05) is 24.3 Å². The molecule has 1 N–H and O–H groups in total. The van der Waals surface area contributed by atoms with Crippen molar-refractivity contribution in [1.29, 1.82) is 0 Å². The van der Waals surface area contributed by atoms with Gasteiger partial charge in [0, 0.05) is 36.0 Å². The van der Waals surface area contributed by atoms with Crippen LogP contribution < -0.4 is 10.1 Å². The van der Waals surface area contributed by atoms with Crippen molar-refractivity contribution >= 4 is 23.3 Å². The largest absolute Gasteiger partial charge is 0.494 e. The van der Waals surface area contributed by atoms with Gasteiger partial charge in [-0.25, -0.2) is 9.78 Å². The molecular weight excluding hydrogens is 452 g/mol. The summed E-state index contributed by atoms with van der Waals surface area (Å²) in [6, 6.07) is 8.55. The van der Waals surface area contributed by atoms with Crippen molar-refractivity contribution in [3.63, 3.8) is 0 Å². The standard InChI is InChI=1S/C25H34N4O4S/c1-3-32-23(30)16-26-25(31)29-14-11-21-22(17-29)34-24(27-21)19-7-9-20(10-8-19)33-15-5-13-28-12-4-6-18(28)2/h7-10,18H,3-6,11-17H2,1-2H3,(H,26,31). The Balaban J connectivity index is 1.26. The van der Waals surface area contributed by atoms with Crippen molar-refractivity contribution in [2.24, 2.45) is 0 Å². The Morgan fingerprint density at radius 2 is 2.06 bits per heavy atom. The number of hydrogen-bond acceptors (Lipinski definition) is 7. The van der Waals surface area contributed by atoms with Crippen LogP contribution in [0.3, 0.4) is 0 Å². The number of aromatic nitrogens is 1. The van der Waals surface area contributed by atoms with Crippen molar-refractivity contribution in [3.05, 3.63) is 34.8 Å². The Bertz CT molecular complexity index is 978. The molecule has 4 rings (SSSR count). The first-order valence-corrected chi connectivity index (χ1v) is 13.0. The molecule has 1 aromatic carbocycles. The second kappa shape index (κ2) is 11.7. The van der Waals surface area contributed by atoms with Gasteiger partial charge in [0.05, 0.1) is 25.5 Å². The normalized spacial score (nSPS) is 17.9. The first-order chi connectivity index (χ1) is 16.5. The minimum atomic E-state index is -0.428. The van der Waals surface area contributed by atoms with E-state index in [9.17, 15) is 9.59 Å². The molecule has 2 aliphatic rings. The van der Waals surface area contributed by atoms with E-state index in [1.54, 1.807) is 23.2 Å². The van der Waals surface area contributed by atoms with Crippen LogP contribution in [0.4, 0.5) is 4.79 Å². The molecule has 2 aliphatic heterocycles. The molecule has 34 heavy (non-hydrogen) atoms. The van der Waals surface area contributed by atoms with Crippen LogP contribution in [0, 0.1) is 0 Å². The van der Waals surface area contributed by atoms with Crippen LogP contribution in [-0.2, 0) is 22.5 Å². The lowest BCUT2D eigenvalue weighted by Gasteiger charge is -2.26. The molecule has 0 radical (unpaired) electrons. The summed E-state index contributed by atoms with van der Waals surface area (Å²) in [5.41, 5.74) is 2.10. The molecule has 1 atom stereocenters. The highest BCUT2D eigenvalue weighted by molar-refractivity contribution is 7.15. The number of likely N-dealkylation sites (tertiary alicyclic amines) is 1. The highest BCUT2D eigenvalue weighted by Gasteiger charge is 2.25. The van der Waals surface area contributed by atoms with Crippen molar-refractivity contribution in [3.8, 4) is 16.3 Å². The van der Waals surface area contributed by atoms with Gasteiger partial charge in [-0.3, -0.25) is 4.79 Å². The van der Waals surface area contributed by atoms with E-state index >= 15 is 0 Å². The smallest absolute Gasteiger partial charge is 0.325 e. The average molecular weight is 487 g/mol. The molecule has 1 aromatic heterocycles. The molecule has 8 nitrogen and oxygen atoms in total. The summed E-state index contributed by atoms with van der Waals surface area (Å²) in [6.45, 7) is 8.35. The number of nitrogens with one attached hydrogen (secondary N) is 1. The van der Waals surface area contributed by atoms with Crippen molar-refractivity contribution in [2.75, 3.05) is 39.4 Å². The highest BCUT2D eigenvalue weighted by atomic mass is 32.1. The average Bonchev–Trinajstić information content (AvgIpc) is 3.46. The molecule has 1 unspecified atom stereocenters. The number of hydrogen-bond donors (Lipinski definition) is 1. The van der Waals surface area contributed by atoms with Crippen LogP contribution in [0.15, 0.2) is 24.3 Å². The summed E-state index contributed by atoms with van der Waals surface area (Å²) in [5.74, 6) is 0.450. The number of carbonyl (C=O) groups is 2. The molecule has 1 saturated heterocycles. The number of rotatable bonds is 9. The van der Waals surface area contributed by atoms with E-state index in [2.05, 4.69) is 17.1 Å². The lowest BCUT2D eigenvalue weighted by molar-refractivity contribution is -0.141. The Morgan fingerprint density at radius 3 is 2.79 bits per heavy atom. The van der Waals surface area contributed by atoms with Gasteiger partial charge < -0.3 is 24.6 Å². The maximum absolute atomic E-state index is 12.4. The summed E-state index contributed by atoms with van der Waals surface area (Å²) in [5, 5.41) is 3.58. The maximum atomic E-state index is 12.4. The quantitative estimate of drug-likeness (QED) is 0.430. The molecule has 0 aliphatic carbocycles. The third-order valence-corrected chi connectivity index (χ3v) is 7.49. The molecule has 184 valence electrons. The summed E-state index contributed by atoms with van der Waals surface area (Å²) in [7, 11) is 0. The Labute approximate surface area is 205 Å². The predicted molar refractivity (Wildman–Crippen MR) is 132 cm³/mol. The van der Waals surface area contributed by atoms with Gasteiger partial charge >= 0.3 is 12.0 Å². The Kier molecular flexibility index (Phi) is 8.39. The summed E-state index contributed by atoms with van der Waals surface area (Å²) < 4.78 is 10.8. The van der Waals surface area contributed by atoms with Crippen LogP contribution in [0.25, 0.3) is 10.6 Å². The van der Waals surface area contributed by atoms with Crippen molar-refractivity contribution in [1.82, 2.24) is 20.1 Å². The van der Waals surface area contributed by atoms with Crippen molar-refractivity contribution < 1.29 is 19.1 Å². The zero-order valence-corrected chi connectivity index (χ0v) is 20.9. The molecule has 0 saturated carbocycles. The van der Waals surface area contributed by atoms with E-state index in [-0.39, 0.29) is 12.6 Å². The second-order valence-electron chi connectivity index (χ2n) is 8.78. The number of amides is 2. The molecular formula is C25H34N4O4S. The SMILES string of the molecule is CCOC(=O)CNC(=O)N1CCc2nc(-c3ccc(OCCCN4CCCC4C)cc3)sc2C1. The van der Waals surface area contributed by atoms with Crippen LogP contribution in [0.2, 0.25) is 0 Å². The number of fused-ring (bicyclic) bond motifs is 1. The fourth-order valence-corrected chi connectivity index (χ4v) is 5.57. The summed E-state index contributed by atoms with van der Waals surface area (Å²) >= 11 is 1.61. The van der Waals surface area contributed by atoms with E-state index in [4.69, 9.17) is 14.5 Å². The van der Waals surface area contributed by atoms with E-state index < -0.39 is 5.97 Å². The van der Waals surface area contributed by atoms with E-state index in [1.165, 1.54) is 19.4 Å². The minimum Gasteiger partial charge on any atom is -0.494 e. The van der Waals surface area contributed by atoms with Gasteiger partial charge in [-0.1, -0.05) is 0 Å². The number of urea groups is 1. The molecule has 2 amide bonds. The van der Waals surface area contributed by atoms with Gasteiger partial charge in [0.1, 0.15) is 17.3 Å². The van der Waals surface area contributed by atoms with Gasteiger partial charge in [-0.05, 0) is 63.9 Å². The predicted octanol–water partition coefficient (Wildman–Crippen LogP) is 3.69. The van der Waals surface area contributed by atoms with Gasteiger partial charge in [0.2, 0.25) is 0 Å². The lowest BCUT2D eigenvalue weighted by Crippen LogP contribution is -2.44. The van der Waals surface area contributed by atoms with Gasteiger partial charge in [-0.15, -0.1) is 11.3 Å². The lowest BCUT2D eigenvalue weighted by atomic mass is 10.2. The Hall–Kier alpha value is -2.65. The van der Waals surface area contributed by atoms with Crippen LogP contribution in [-0.4, -0.2) is 72.2 Å². The minimum absolute atomic E-state index is 0.115. The topological polar surface area (TPSA) is 84.0 Å². The molecule has 0 bridgehead atoms. The van der Waals surface area contributed by atoms with E-state index in [0.717, 1.165) is 46.5 Å². The summed E-state index contributed by atoms with van der Waals surface area (Å²) in [6.07, 6.45) is 4.36. The van der Waals surface area contributed by atoms with Crippen LogP contribution in [0.1, 0.15) is 43.7 Å². The first kappa shape index (κ1) is 24.5. The zero-order chi connectivity index (χ0) is 23.9. The number of nitrogens with zero attached hydrogens (tertiary/aromatic N) is 3. The number of thiazole rings is 1. The van der Waals surface area contributed by atoms with E-state index in [0.29, 0.717) is 32.2 Å². The Morgan fingerprint density at radius 1 is 1.24 bits per heavy atom. The molecule has 1 fully saturated rings. The maximum Gasteiger partial charge on any atom is 0.325 e. The third kappa shape index (κ3) is 6.27. The van der Waals surface area contributed by atoms with Gasteiger partial charge in [0.15, 0.2) is 0 Å². The fourth-order valence-electron chi connectivity index (χ4n) is 4.44. The molecule has 2 aromatic rings. The fraction of sp³-hybridized carbons (Fsp3) is 0.560. The third-order valence-electron chi connectivity index (χ3n) is 6.36. The molecule has 3 heterocycles. The first-order valence-electron chi connectivity index (χ1n) is 12.2. The molecule has 9 heteroatoms. The zero-order valence-electron chi connectivity index (χ0n) is 20.0. The number of carbonyl (C=O) groups excluding carboxylic acids is 2.